The molecule has 2 N–H and O–H groups in total. The molecule has 0 saturated carbocycles. The number of aromatic nitrogens is 1. The summed E-state index contributed by atoms with van der Waals surface area (Å²) in [6.45, 7) is 1.81. The van der Waals surface area contributed by atoms with E-state index in [-0.39, 0.29) is 36.6 Å². The molecule has 1 fully saturated rings. The molecule has 0 aliphatic carbocycles. The fourth-order valence-corrected chi connectivity index (χ4v) is 1.97. The smallest absolute Gasteiger partial charge is 0.227 e. The van der Waals surface area contributed by atoms with E-state index in [4.69, 9.17) is 4.74 Å². The molecule has 1 saturated heterocycles. The van der Waals surface area contributed by atoms with E-state index >= 15 is 0 Å². The minimum Gasteiger partial charge on any atom is -0.494 e. The number of nitrogens with one attached hydrogen (secondary N) is 2. The lowest BCUT2D eigenvalue weighted by molar-refractivity contribution is -0.120. The van der Waals surface area contributed by atoms with Gasteiger partial charge >= 0.3 is 0 Å². The Bertz CT molecular complexity index is 398. The third-order valence-corrected chi connectivity index (χ3v) is 2.97. The maximum atomic E-state index is 12.0. The number of carbonyl (C=O) groups is 1. The molecule has 0 spiro atoms. The Labute approximate surface area is 125 Å². The summed E-state index contributed by atoms with van der Waals surface area (Å²) in [6, 6.07) is 1.73. The van der Waals surface area contributed by atoms with Crippen LogP contribution in [0.5, 0.6) is 5.75 Å². The molecule has 108 valence electrons. The highest BCUT2D eigenvalue weighted by Crippen LogP contribution is 2.23. The third kappa shape index (κ3) is 4.86. The van der Waals surface area contributed by atoms with Crippen LogP contribution in [0.1, 0.15) is 12.8 Å². The number of hydrogen-bond donors (Lipinski definition) is 2. The van der Waals surface area contributed by atoms with E-state index in [9.17, 15) is 4.79 Å². The Morgan fingerprint density at radius 3 is 2.74 bits per heavy atom. The predicted molar refractivity (Wildman–Crippen MR) is 79.5 cm³/mol. The standard InChI is InChI=1S/C12H17N3O2.2ClH/c1-17-11-4-7-14-8-10(11)15-12(16)9-2-5-13-6-3-9;;/h4,7-9,13H,2-3,5-6H2,1H3,(H,15,16);2*1H. The highest BCUT2D eigenvalue weighted by Gasteiger charge is 2.21. The molecule has 2 heterocycles. The first-order valence-corrected chi connectivity index (χ1v) is 5.81. The normalized spacial score (nSPS) is 14.8. The molecule has 5 nitrogen and oxygen atoms in total. The van der Waals surface area contributed by atoms with E-state index in [0.717, 1.165) is 25.9 Å². The first-order valence-electron chi connectivity index (χ1n) is 5.81. The van der Waals surface area contributed by atoms with E-state index in [0.29, 0.717) is 11.4 Å². The molecular weight excluding hydrogens is 289 g/mol. The van der Waals surface area contributed by atoms with Crippen molar-refractivity contribution in [3.05, 3.63) is 18.5 Å². The number of anilines is 1. The number of amides is 1. The summed E-state index contributed by atoms with van der Waals surface area (Å²) < 4.78 is 5.17. The predicted octanol–water partition coefficient (Wildman–Crippen LogP) is 1.87. The minimum atomic E-state index is 0. The molecule has 7 heteroatoms. The van der Waals surface area contributed by atoms with Gasteiger partial charge in [-0.2, -0.15) is 0 Å². The molecule has 1 aromatic rings. The zero-order chi connectivity index (χ0) is 12.1. The molecule has 1 aromatic heterocycles. The number of halogens is 2. The second kappa shape index (κ2) is 8.96. The molecule has 19 heavy (non-hydrogen) atoms. The zero-order valence-electron chi connectivity index (χ0n) is 10.7. The lowest BCUT2D eigenvalue weighted by atomic mass is 9.97. The Balaban J connectivity index is 0.00000162. The highest BCUT2D eigenvalue weighted by atomic mass is 35.5. The van der Waals surface area contributed by atoms with Crippen molar-refractivity contribution < 1.29 is 9.53 Å². The van der Waals surface area contributed by atoms with Crippen molar-refractivity contribution in [2.24, 2.45) is 5.92 Å². The second-order valence-electron chi connectivity index (χ2n) is 4.09. The van der Waals surface area contributed by atoms with Gasteiger partial charge in [-0.25, -0.2) is 0 Å². The quantitative estimate of drug-likeness (QED) is 0.895. The van der Waals surface area contributed by atoms with Crippen LogP contribution in [0.25, 0.3) is 0 Å². The fraction of sp³-hybridized carbons (Fsp3) is 0.500. The SMILES string of the molecule is COc1ccncc1NC(=O)C1CCNCC1.Cl.Cl. The number of nitrogens with zero attached hydrogens (tertiary/aromatic N) is 1. The van der Waals surface area contributed by atoms with Crippen molar-refractivity contribution in [1.82, 2.24) is 10.3 Å². The number of carbonyl (C=O) groups excluding carboxylic acids is 1. The van der Waals surface area contributed by atoms with Gasteiger partial charge in [-0.1, -0.05) is 0 Å². The van der Waals surface area contributed by atoms with Gasteiger partial charge in [-0.3, -0.25) is 9.78 Å². The summed E-state index contributed by atoms with van der Waals surface area (Å²) in [5, 5.41) is 6.12. The van der Waals surface area contributed by atoms with Crippen LogP contribution < -0.4 is 15.4 Å². The van der Waals surface area contributed by atoms with Crippen molar-refractivity contribution in [3.63, 3.8) is 0 Å². The summed E-state index contributed by atoms with van der Waals surface area (Å²) in [5.41, 5.74) is 0.638. The number of hydrogen-bond acceptors (Lipinski definition) is 4. The van der Waals surface area contributed by atoms with E-state index in [1.807, 2.05) is 0 Å². The maximum absolute atomic E-state index is 12.0. The zero-order valence-corrected chi connectivity index (χ0v) is 12.4. The molecule has 1 amide bonds. The molecular formula is C12H19Cl2N3O2. The van der Waals surface area contributed by atoms with Crippen LogP contribution >= 0.6 is 24.8 Å². The van der Waals surface area contributed by atoms with E-state index in [1.165, 1.54) is 0 Å². The molecule has 1 aliphatic rings. The number of methoxy groups -OCH3 is 1. The average molecular weight is 308 g/mol. The van der Waals surface area contributed by atoms with Gasteiger partial charge in [0.25, 0.3) is 0 Å². The molecule has 0 bridgehead atoms. The van der Waals surface area contributed by atoms with Crippen molar-refractivity contribution in [1.29, 1.82) is 0 Å². The third-order valence-electron chi connectivity index (χ3n) is 2.97. The van der Waals surface area contributed by atoms with E-state index in [1.54, 1.807) is 25.6 Å². The molecule has 2 rings (SSSR count). The van der Waals surface area contributed by atoms with Crippen LogP contribution in [0.2, 0.25) is 0 Å². The molecule has 0 atom stereocenters. The van der Waals surface area contributed by atoms with E-state index in [2.05, 4.69) is 15.6 Å². The first-order chi connectivity index (χ1) is 8.31. The van der Waals surface area contributed by atoms with Gasteiger partial charge in [-0.05, 0) is 25.9 Å². The summed E-state index contributed by atoms with van der Waals surface area (Å²) in [5.74, 6) is 0.779. The average Bonchev–Trinajstić information content (AvgIpc) is 2.40. The van der Waals surface area contributed by atoms with Gasteiger partial charge in [0.2, 0.25) is 5.91 Å². The number of piperidine rings is 1. The summed E-state index contributed by atoms with van der Waals surface area (Å²) in [6.07, 6.45) is 5.01. The monoisotopic (exact) mass is 307 g/mol. The summed E-state index contributed by atoms with van der Waals surface area (Å²) >= 11 is 0. The largest absolute Gasteiger partial charge is 0.494 e. The lowest BCUT2D eigenvalue weighted by Gasteiger charge is -2.22. The van der Waals surface area contributed by atoms with Gasteiger partial charge in [0.05, 0.1) is 13.3 Å². The fourth-order valence-electron chi connectivity index (χ4n) is 1.97. The summed E-state index contributed by atoms with van der Waals surface area (Å²) in [4.78, 5) is 16.0. The number of rotatable bonds is 3. The highest BCUT2D eigenvalue weighted by molar-refractivity contribution is 5.93. The van der Waals surface area contributed by atoms with Crippen molar-refractivity contribution in [2.45, 2.75) is 12.8 Å². The van der Waals surface area contributed by atoms with Crippen molar-refractivity contribution in [3.8, 4) is 5.75 Å². The van der Waals surface area contributed by atoms with Crippen LogP contribution in [0.15, 0.2) is 18.5 Å². The van der Waals surface area contributed by atoms with Gasteiger partial charge < -0.3 is 15.4 Å². The van der Waals surface area contributed by atoms with Crippen molar-refractivity contribution in [2.75, 3.05) is 25.5 Å². The Morgan fingerprint density at radius 1 is 1.42 bits per heavy atom. The van der Waals surface area contributed by atoms with Crippen LogP contribution in [-0.4, -0.2) is 31.1 Å². The van der Waals surface area contributed by atoms with Gasteiger partial charge in [0, 0.05) is 18.2 Å². The molecule has 1 aliphatic heterocycles. The van der Waals surface area contributed by atoms with Gasteiger partial charge in [-0.15, -0.1) is 24.8 Å². The Morgan fingerprint density at radius 2 is 2.11 bits per heavy atom. The van der Waals surface area contributed by atoms with Gasteiger partial charge in [0.1, 0.15) is 11.4 Å². The second-order valence-corrected chi connectivity index (χ2v) is 4.09. The topological polar surface area (TPSA) is 63.2 Å². The van der Waals surface area contributed by atoms with Crippen LogP contribution in [0.3, 0.4) is 0 Å². The van der Waals surface area contributed by atoms with Gasteiger partial charge in [0.15, 0.2) is 0 Å². The first kappa shape index (κ1) is 18.0. The molecule has 0 radical (unpaired) electrons. The lowest BCUT2D eigenvalue weighted by Crippen LogP contribution is -2.34. The number of ether oxygens (including phenoxy) is 1. The van der Waals surface area contributed by atoms with Crippen LogP contribution in [0.4, 0.5) is 5.69 Å². The Hall–Kier alpha value is -1.04. The van der Waals surface area contributed by atoms with Crippen LogP contribution in [-0.2, 0) is 4.79 Å². The minimum absolute atomic E-state index is 0. The Kier molecular flexibility index (Phi) is 8.47. The van der Waals surface area contributed by atoms with Crippen LogP contribution in [0, 0.1) is 5.92 Å². The molecule has 0 unspecified atom stereocenters. The maximum Gasteiger partial charge on any atom is 0.227 e. The number of pyridine rings is 1. The van der Waals surface area contributed by atoms with E-state index < -0.39 is 0 Å². The van der Waals surface area contributed by atoms with Crippen molar-refractivity contribution >= 4 is 36.4 Å². The molecule has 0 aromatic carbocycles. The summed E-state index contributed by atoms with van der Waals surface area (Å²) in [7, 11) is 1.58.